The third-order valence-corrected chi connectivity index (χ3v) is 3.91. The van der Waals surface area contributed by atoms with Gasteiger partial charge in [0.15, 0.2) is 0 Å². The van der Waals surface area contributed by atoms with E-state index in [1.807, 2.05) is 24.3 Å². The van der Waals surface area contributed by atoms with E-state index >= 15 is 0 Å². The van der Waals surface area contributed by atoms with Crippen molar-refractivity contribution in [2.24, 2.45) is 5.73 Å². The summed E-state index contributed by atoms with van der Waals surface area (Å²) in [7, 11) is 1.31. The van der Waals surface area contributed by atoms with Crippen molar-refractivity contribution in [3.05, 3.63) is 59.9 Å². The number of hydrogen-bond donors (Lipinski definition) is 2. The lowest BCUT2D eigenvalue weighted by atomic mass is 10.1. The van der Waals surface area contributed by atoms with Crippen LogP contribution in [0, 0.1) is 11.3 Å². The van der Waals surface area contributed by atoms with Gasteiger partial charge in [0.25, 0.3) is 0 Å². The van der Waals surface area contributed by atoms with Crippen LogP contribution in [0.3, 0.4) is 0 Å². The van der Waals surface area contributed by atoms with E-state index in [4.69, 9.17) is 5.73 Å². The van der Waals surface area contributed by atoms with Gasteiger partial charge in [-0.3, -0.25) is 9.78 Å². The van der Waals surface area contributed by atoms with Gasteiger partial charge >= 0.3 is 5.97 Å². The Morgan fingerprint density at radius 1 is 1.33 bits per heavy atom. The van der Waals surface area contributed by atoms with Crippen LogP contribution >= 0.6 is 12.4 Å². The number of halogens is 1. The second-order valence-corrected chi connectivity index (χ2v) is 5.72. The number of anilines is 2. The van der Waals surface area contributed by atoms with Crippen molar-refractivity contribution in [1.29, 1.82) is 5.26 Å². The molecule has 0 saturated carbocycles. The molecule has 3 N–H and O–H groups in total. The van der Waals surface area contributed by atoms with Crippen LogP contribution in [-0.4, -0.2) is 29.1 Å². The Labute approximate surface area is 162 Å². The van der Waals surface area contributed by atoms with E-state index in [0.29, 0.717) is 17.8 Å². The zero-order chi connectivity index (χ0) is 18.5. The summed E-state index contributed by atoms with van der Waals surface area (Å²) in [5.74, 6) is 0.0333. The highest BCUT2D eigenvalue weighted by Gasteiger charge is 2.14. The molecule has 0 fully saturated rings. The predicted octanol–water partition coefficient (Wildman–Crippen LogP) is 2.71. The van der Waals surface area contributed by atoms with Crippen LogP contribution in [0.2, 0.25) is 0 Å². The first-order valence-corrected chi connectivity index (χ1v) is 7.95. The summed E-state index contributed by atoms with van der Waals surface area (Å²) in [4.78, 5) is 19.9. The summed E-state index contributed by atoms with van der Waals surface area (Å²) >= 11 is 0. The zero-order valence-electron chi connectivity index (χ0n) is 14.5. The van der Waals surface area contributed by atoms with E-state index in [9.17, 15) is 10.1 Å². The van der Waals surface area contributed by atoms with Crippen LogP contribution in [0.15, 0.2) is 48.8 Å². The van der Waals surface area contributed by atoms with E-state index in [2.05, 4.69) is 26.1 Å². The molecule has 3 aromatic rings. The lowest BCUT2D eigenvalue weighted by Crippen LogP contribution is -2.33. The van der Waals surface area contributed by atoms with Crippen LogP contribution in [-0.2, 0) is 16.0 Å². The molecule has 0 bridgehead atoms. The number of esters is 1. The van der Waals surface area contributed by atoms with Gasteiger partial charge in [0, 0.05) is 23.5 Å². The van der Waals surface area contributed by atoms with E-state index < -0.39 is 12.0 Å². The minimum atomic E-state index is -0.695. The van der Waals surface area contributed by atoms with E-state index in [1.54, 1.807) is 24.5 Å². The van der Waals surface area contributed by atoms with Crippen LogP contribution in [0.25, 0.3) is 10.9 Å². The van der Waals surface area contributed by atoms with Crippen molar-refractivity contribution in [3.63, 3.8) is 0 Å². The molecule has 0 spiro atoms. The lowest BCUT2D eigenvalue weighted by molar-refractivity contribution is -0.142. The number of ether oxygens (including phenoxy) is 1. The number of nitrogens with one attached hydrogen (secondary N) is 1. The normalized spacial score (nSPS) is 11.1. The Bertz CT molecular complexity index is 986. The summed E-state index contributed by atoms with van der Waals surface area (Å²) in [5, 5.41) is 13.3. The van der Waals surface area contributed by atoms with E-state index in [-0.39, 0.29) is 12.4 Å². The molecule has 3 rings (SSSR count). The summed E-state index contributed by atoms with van der Waals surface area (Å²) in [5.41, 5.74) is 8.64. The summed E-state index contributed by atoms with van der Waals surface area (Å²) in [6, 6.07) is 12.4. The molecule has 8 heteroatoms. The van der Waals surface area contributed by atoms with Gasteiger partial charge in [-0.1, -0.05) is 12.1 Å². The van der Waals surface area contributed by atoms with Crippen LogP contribution < -0.4 is 11.1 Å². The number of methoxy groups -OCH3 is 1. The highest BCUT2D eigenvalue weighted by molar-refractivity contribution is 5.85. The van der Waals surface area contributed by atoms with Gasteiger partial charge in [-0.15, -0.1) is 12.4 Å². The Hall–Kier alpha value is -3.21. The first-order valence-electron chi connectivity index (χ1n) is 7.95. The van der Waals surface area contributed by atoms with Crippen molar-refractivity contribution in [3.8, 4) is 6.07 Å². The molecule has 1 unspecified atom stereocenters. The molecule has 27 heavy (non-hydrogen) atoms. The number of benzene rings is 1. The van der Waals surface area contributed by atoms with E-state index in [1.165, 1.54) is 7.11 Å². The monoisotopic (exact) mass is 383 g/mol. The molecule has 0 aliphatic carbocycles. The SMILES string of the molecule is COC(=O)C(N)Cc1ccc(Nc2nc3ccncc3cc2C#N)cc1.Cl. The van der Waals surface area contributed by atoms with Crippen molar-refractivity contribution >= 4 is 40.8 Å². The standard InChI is InChI=1S/C19H17N5O2.ClH/c1-26-19(25)16(21)8-12-2-4-15(5-3-12)23-18-13(10-20)9-14-11-22-7-6-17(14)24-18;/h2-7,9,11,16H,8,21H2,1H3,(H,23,24);1H. The quantitative estimate of drug-likeness (QED) is 0.651. The molecule has 1 atom stereocenters. The van der Waals surface area contributed by atoms with Crippen molar-refractivity contribution in [1.82, 2.24) is 9.97 Å². The fraction of sp³-hybridized carbons (Fsp3) is 0.158. The van der Waals surface area contributed by atoms with Gasteiger partial charge in [0.2, 0.25) is 0 Å². The summed E-state index contributed by atoms with van der Waals surface area (Å²) in [6.45, 7) is 0. The Balaban J connectivity index is 0.00000261. The topological polar surface area (TPSA) is 114 Å². The molecular weight excluding hydrogens is 366 g/mol. The lowest BCUT2D eigenvalue weighted by Gasteiger charge is -2.11. The van der Waals surface area contributed by atoms with E-state index in [0.717, 1.165) is 22.2 Å². The Morgan fingerprint density at radius 2 is 2.07 bits per heavy atom. The highest BCUT2D eigenvalue weighted by atomic mass is 35.5. The molecule has 0 aliphatic heterocycles. The zero-order valence-corrected chi connectivity index (χ0v) is 15.4. The van der Waals surface area contributed by atoms with Gasteiger partial charge in [0.05, 0.1) is 18.2 Å². The highest BCUT2D eigenvalue weighted by Crippen LogP contribution is 2.23. The van der Waals surface area contributed by atoms with Crippen molar-refractivity contribution in [2.45, 2.75) is 12.5 Å². The molecule has 1 aromatic carbocycles. The molecule has 2 heterocycles. The smallest absolute Gasteiger partial charge is 0.322 e. The molecule has 0 amide bonds. The van der Waals surface area contributed by atoms with Crippen LogP contribution in [0.1, 0.15) is 11.1 Å². The van der Waals surface area contributed by atoms with Crippen LogP contribution in [0.5, 0.6) is 0 Å². The predicted molar refractivity (Wildman–Crippen MR) is 105 cm³/mol. The number of rotatable bonds is 5. The fourth-order valence-corrected chi connectivity index (χ4v) is 2.55. The summed E-state index contributed by atoms with van der Waals surface area (Å²) < 4.78 is 4.63. The third kappa shape index (κ3) is 4.70. The van der Waals surface area contributed by atoms with Crippen molar-refractivity contribution < 1.29 is 9.53 Å². The van der Waals surface area contributed by atoms with Crippen molar-refractivity contribution in [2.75, 3.05) is 12.4 Å². The number of carbonyl (C=O) groups is 1. The van der Waals surface area contributed by atoms with Gasteiger partial charge < -0.3 is 15.8 Å². The number of carbonyl (C=O) groups excluding carboxylic acids is 1. The average Bonchev–Trinajstić information content (AvgIpc) is 2.68. The molecule has 0 saturated heterocycles. The third-order valence-electron chi connectivity index (χ3n) is 3.91. The summed E-state index contributed by atoms with van der Waals surface area (Å²) in [6.07, 6.45) is 3.72. The maximum absolute atomic E-state index is 11.4. The van der Waals surface area contributed by atoms with Gasteiger partial charge in [0.1, 0.15) is 17.9 Å². The molecule has 2 aromatic heterocycles. The first kappa shape index (κ1) is 20.1. The second-order valence-electron chi connectivity index (χ2n) is 5.72. The number of nitriles is 1. The fourth-order valence-electron chi connectivity index (χ4n) is 2.55. The Kier molecular flexibility index (Phi) is 6.66. The van der Waals surface area contributed by atoms with Gasteiger partial charge in [-0.05, 0) is 36.2 Å². The minimum Gasteiger partial charge on any atom is -0.468 e. The number of nitrogens with two attached hydrogens (primary N) is 1. The maximum Gasteiger partial charge on any atom is 0.322 e. The first-order chi connectivity index (χ1) is 12.6. The number of pyridine rings is 2. The van der Waals surface area contributed by atoms with Gasteiger partial charge in [-0.25, -0.2) is 4.98 Å². The average molecular weight is 384 g/mol. The largest absolute Gasteiger partial charge is 0.468 e. The maximum atomic E-state index is 11.4. The molecule has 138 valence electrons. The number of hydrogen-bond acceptors (Lipinski definition) is 7. The number of fused-ring (bicyclic) bond motifs is 1. The Morgan fingerprint density at radius 3 is 2.74 bits per heavy atom. The number of nitrogens with zero attached hydrogens (tertiary/aromatic N) is 3. The minimum absolute atomic E-state index is 0. The number of aromatic nitrogens is 2. The molecule has 0 radical (unpaired) electrons. The molecule has 7 nitrogen and oxygen atoms in total. The second kappa shape index (κ2) is 8.94. The van der Waals surface area contributed by atoms with Crippen LogP contribution in [0.4, 0.5) is 11.5 Å². The molecular formula is C19H18ClN5O2. The van der Waals surface area contributed by atoms with Gasteiger partial charge in [-0.2, -0.15) is 5.26 Å². The molecule has 0 aliphatic rings.